The Morgan fingerprint density at radius 3 is 2.71 bits per heavy atom. The van der Waals surface area contributed by atoms with Gasteiger partial charge in [-0.1, -0.05) is 6.92 Å². The number of nitrogens with zero attached hydrogens (tertiary/aromatic N) is 1. The number of nitrogens with one attached hydrogen (secondary N) is 1. The molecule has 0 fully saturated rings. The van der Waals surface area contributed by atoms with Crippen LogP contribution in [0.3, 0.4) is 0 Å². The van der Waals surface area contributed by atoms with Gasteiger partial charge >= 0.3 is 0 Å². The molecule has 1 N–H and O–H groups in total. The van der Waals surface area contributed by atoms with Crippen LogP contribution >= 0.6 is 23.1 Å². The Kier molecular flexibility index (Phi) is 5.98. The molecule has 96 valence electrons. The van der Waals surface area contributed by atoms with Crippen LogP contribution < -0.4 is 5.32 Å². The highest BCUT2D eigenvalue weighted by Gasteiger charge is 2.16. The van der Waals surface area contributed by atoms with E-state index >= 15 is 0 Å². The van der Waals surface area contributed by atoms with Crippen LogP contribution in [0.4, 0.5) is 0 Å². The van der Waals surface area contributed by atoms with E-state index in [0.29, 0.717) is 6.42 Å². The second-order valence-corrected chi connectivity index (χ2v) is 6.19. The molecule has 0 aromatic carbocycles. The average molecular weight is 272 g/mol. The van der Waals surface area contributed by atoms with Gasteiger partial charge in [-0.25, -0.2) is 4.98 Å². The van der Waals surface area contributed by atoms with Gasteiger partial charge in [0.2, 0.25) is 5.91 Å². The number of rotatable bonds is 6. The number of aromatic nitrogens is 1. The minimum atomic E-state index is 0.0711. The van der Waals surface area contributed by atoms with Crippen molar-refractivity contribution >= 4 is 29.0 Å². The molecular weight excluding hydrogens is 252 g/mol. The molecule has 1 aromatic rings. The van der Waals surface area contributed by atoms with Crippen LogP contribution in [-0.4, -0.2) is 22.9 Å². The van der Waals surface area contributed by atoms with Gasteiger partial charge in [0.05, 0.1) is 11.7 Å². The van der Waals surface area contributed by atoms with Crippen LogP contribution in [-0.2, 0) is 4.79 Å². The van der Waals surface area contributed by atoms with E-state index in [1.54, 1.807) is 23.1 Å². The Balaban J connectivity index is 2.62. The van der Waals surface area contributed by atoms with E-state index in [1.165, 1.54) is 4.88 Å². The van der Waals surface area contributed by atoms with Crippen LogP contribution in [0.15, 0.2) is 0 Å². The zero-order valence-corrected chi connectivity index (χ0v) is 12.5. The van der Waals surface area contributed by atoms with E-state index in [2.05, 4.69) is 24.1 Å². The Hall–Kier alpha value is -0.550. The lowest BCUT2D eigenvalue weighted by molar-refractivity contribution is -0.121. The van der Waals surface area contributed by atoms with Crippen LogP contribution in [0.2, 0.25) is 0 Å². The van der Waals surface area contributed by atoms with Crippen molar-refractivity contribution in [3.05, 3.63) is 15.6 Å². The van der Waals surface area contributed by atoms with Crippen molar-refractivity contribution < 1.29 is 4.79 Å². The molecule has 1 rings (SSSR count). The van der Waals surface area contributed by atoms with Crippen molar-refractivity contribution in [1.29, 1.82) is 0 Å². The quantitative estimate of drug-likeness (QED) is 0.865. The summed E-state index contributed by atoms with van der Waals surface area (Å²) in [5.74, 6) is 0.995. The van der Waals surface area contributed by atoms with Crippen LogP contribution in [0.1, 0.15) is 41.4 Å². The van der Waals surface area contributed by atoms with Crippen molar-refractivity contribution in [1.82, 2.24) is 10.3 Å². The highest BCUT2D eigenvalue weighted by atomic mass is 32.2. The summed E-state index contributed by atoms with van der Waals surface area (Å²) in [5, 5.41) is 4.08. The van der Waals surface area contributed by atoms with Gasteiger partial charge in [-0.15, -0.1) is 11.3 Å². The first-order valence-electron chi connectivity index (χ1n) is 5.80. The maximum Gasteiger partial charge on any atom is 0.221 e. The number of amides is 1. The first-order chi connectivity index (χ1) is 8.08. The molecule has 0 spiro atoms. The van der Waals surface area contributed by atoms with Gasteiger partial charge in [-0.3, -0.25) is 4.79 Å². The lowest BCUT2D eigenvalue weighted by Gasteiger charge is -2.14. The molecule has 1 heterocycles. The lowest BCUT2D eigenvalue weighted by atomic mass is 10.2. The largest absolute Gasteiger partial charge is 0.347 e. The zero-order valence-electron chi connectivity index (χ0n) is 10.9. The summed E-state index contributed by atoms with van der Waals surface area (Å²) in [6.45, 7) is 6.15. The van der Waals surface area contributed by atoms with E-state index in [4.69, 9.17) is 0 Å². The molecule has 0 bridgehead atoms. The minimum Gasteiger partial charge on any atom is -0.347 e. The summed E-state index contributed by atoms with van der Waals surface area (Å²) < 4.78 is 0. The number of hydrogen-bond acceptors (Lipinski definition) is 4. The third kappa shape index (κ3) is 4.32. The maximum atomic E-state index is 11.7. The second kappa shape index (κ2) is 7.01. The molecule has 0 saturated carbocycles. The second-order valence-electron chi connectivity index (χ2n) is 3.96. The van der Waals surface area contributed by atoms with Crippen molar-refractivity contribution in [2.75, 3.05) is 12.0 Å². The Morgan fingerprint density at radius 1 is 1.53 bits per heavy atom. The number of carbonyl (C=O) groups is 1. The Labute approximate surface area is 111 Å². The van der Waals surface area contributed by atoms with E-state index < -0.39 is 0 Å². The first kappa shape index (κ1) is 14.5. The van der Waals surface area contributed by atoms with E-state index in [-0.39, 0.29) is 11.9 Å². The fraction of sp³-hybridized carbons (Fsp3) is 0.667. The molecule has 0 radical (unpaired) electrons. The smallest absolute Gasteiger partial charge is 0.221 e. The molecular formula is C12H20N2OS2. The Bertz CT molecular complexity index is 357. The SMILES string of the molecule is CC[C@@H](NC(=O)CCSC)c1nc(C)c(C)s1. The highest BCUT2D eigenvalue weighted by Crippen LogP contribution is 2.24. The van der Waals surface area contributed by atoms with Gasteiger partial charge < -0.3 is 5.32 Å². The molecule has 1 amide bonds. The first-order valence-corrected chi connectivity index (χ1v) is 8.01. The molecule has 0 aliphatic carbocycles. The minimum absolute atomic E-state index is 0.0711. The topological polar surface area (TPSA) is 42.0 Å². The average Bonchev–Trinajstić information content (AvgIpc) is 2.63. The van der Waals surface area contributed by atoms with Gasteiger partial charge in [0.1, 0.15) is 5.01 Å². The van der Waals surface area contributed by atoms with Gasteiger partial charge in [0, 0.05) is 17.1 Å². The van der Waals surface area contributed by atoms with Gasteiger partial charge in [-0.2, -0.15) is 11.8 Å². The predicted octanol–water partition coefficient (Wildman–Crippen LogP) is 3.08. The highest BCUT2D eigenvalue weighted by molar-refractivity contribution is 7.98. The standard InChI is InChI=1S/C12H20N2OS2/c1-5-10(14-11(15)6-7-16-4)12-13-8(2)9(3)17-12/h10H,5-7H2,1-4H3,(H,14,15)/t10-/m1/s1. The molecule has 0 unspecified atom stereocenters. The molecule has 0 aliphatic rings. The Morgan fingerprint density at radius 2 is 2.24 bits per heavy atom. The normalized spacial score (nSPS) is 12.5. The summed E-state index contributed by atoms with van der Waals surface area (Å²) in [7, 11) is 0. The molecule has 1 aromatic heterocycles. The molecule has 5 heteroatoms. The van der Waals surface area contributed by atoms with Crippen LogP contribution in [0.25, 0.3) is 0 Å². The molecule has 17 heavy (non-hydrogen) atoms. The van der Waals surface area contributed by atoms with Gasteiger partial charge in [0.25, 0.3) is 0 Å². The molecule has 3 nitrogen and oxygen atoms in total. The summed E-state index contributed by atoms with van der Waals surface area (Å²) >= 11 is 3.37. The van der Waals surface area contributed by atoms with Crippen LogP contribution in [0.5, 0.6) is 0 Å². The number of carbonyl (C=O) groups excluding carboxylic acids is 1. The fourth-order valence-electron chi connectivity index (χ4n) is 1.45. The number of hydrogen-bond donors (Lipinski definition) is 1. The van der Waals surface area contributed by atoms with Gasteiger partial charge in [-0.05, 0) is 26.5 Å². The number of aryl methyl sites for hydroxylation is 2. The van der Waals surface area contributed by atoms with Crippen molar-refractivity contribution in [3.8, 4) is 0 Å². The fourth-order valence-corrected chi connectivity index (χ4v) is 2.89. The van der Waals surface area contributed by atoms with Crippen molar-refractivity contribution in [3.63, 3.8) is 0 Å². The summed E-state index contributed by atoms with van der Waals surface area (Å²) in [6.07, 6.45) is 3.48. The molecule has 1 atom stereocenters. The molecule has 0 saturated heterocycles. The predicted molar refractivity (Wildman–Crippen MR) is 75.8 cm³/mol. The summed E-state index contributed by atoms with van der Waals surface area (Å²) in [5.41, 5.74) is 1.07. The van der Waals surface area contributed by atoms with E-state index in [0.717, 1.165) is 22.9 Å². The van der Waals surface area contributed by atoms with Gasteiger partial charge in [0.15, 0.2) is 0 Å². The van der Waals surface area contributed by atoms with E-state index in [1.807, 2.05) is 13.2 Å². The van der Waals surface area contributed by atoms with Crippen molar-refractivity contribution in [2.24, 2.45) is 0 Å². The third-order valence-electron chi connectivity index (χ3n) is 2.62. The maximum absolute atomic E-state index is 11.7. The lowest BCUT2D eigenvalue weighted by Crippen LogP contribution is -2.28. The van der Waals surface area contributed by atoms with E-state index in [9.17, 15) is 4.79 Å². The molecule has 0 aliphatic heterocycles. The number of thiazole rings is 1. The third-order valence-corrected chi connectivity index (χ3v) is 4.42. The summed E-state index contributed by atoms with van der Waals surface area (Å²) in [4.78, 5) is 17.4. The summed E-state index contributed by atoms with van der Waals surface area (Å²) in [6, 6.07) is 0.0711. The van der Waals surface area contributed by atoms with Crippen LogP contribution in [0, 0.1) is 13.8 Å². The monoisotopic (exact) mass is 272 g/mol. The van der Waals surface area contributed by atoms with Crippen molar-refractivity contribution in [2.45, 2.75) is 39.7 Å². The number of thioether (sulfide) groups is 1. The zero-order chi connectivity index (χ0) is 12.8.